The van der Waals surface area contributed by atoms with Gasteiger partial charge in [0.15, 0.2) is 0 Å². The van der Waals surface area contributed by atoms with Gasteiger partial charge in [0.25, 0.3) is 0 Å². The van der Waals surface area contributed by atoms with Crippen LogP contribution in [0.1, 0.15) is 38.7 Å². The van der Waals surface area contributed by atoms with E-state index in [-0.39, 0.29) is 5.97 Å². The minimum Gasteiger partial charge on any atom is -0.454 e. The third-order valence-electron chi connectivity index (χ3n) is 4.42. The Morgan fingerprint density at radius 3 is 2.55 bits per heavy atom. The highest BCUT2D eigenvalue weighted by molar-refractivity contribution is 5.69. The molecule has 1 aromatic rings. The molecule has 3 nitrogen and oxygen atoms in total. The van der Waals surface area contributed by atoms with Gasteiger partial charge >= 0.3 is 5.97 Å². The molecule has 2 rings (SSSR count). The number of hydrogen-bond acceptors (Lipinski definition) is 3. The SMILES string of the molecule is CCC(=O)OC(CC)(c1ccccc1)C1CCN(C)C1. The zero-order chi connectivity index (χ0) is 14.6. The number of benzene rings is 1. The Hall–Kier alpha value is -1.35. The number of rotatable bonds is 5. The largest absolute Gasteiger partial charge is 0.454 e. The van der Waals surface area contributed by atoms with Crippen LogP contribution < -0.4 is 0 Å². The maximum Gasteiger partial charge on any atom is 0.306 e. The maximum absolute atomic E-state index is 12.0. The molecule has 1 aromatic carbocycles. The molecule has 1 saturated heterocycles. The van der Waals surface area contributed by atoms with Crippen molar-refractivity contribution in [1.29, 1.82) is 0 Å². The van der Waals surface area contributed by atoms with Crippen LogP contribution >= 0.6 is 0 Å². The highest BCUT2D eigenvalue weighted by Gasteiger charge is 2.44. The molecule has 0 N–H and O–H groups in total. The number of esters is 1. The van der Waals surface area contributed by atoms with Crippen LogP contribution in [0.3, 0.4) is 0 Å². The summed E-state index contributed by atoms with van der Waals surface area (Å²) in [5, 5.41) is 0. The summed E-state index contributed by atoms with van der Waals surface area (Å²) in [5.74, 6) is 0.264. The molecule has 0 spiro atoms. The van der Waals surface area contributed by atoms with Crippen LogP contribution in [0, 0.1) is 5.92 Å². The van der Waals surface area contributed by atoms with E-state index in [1.54, 1.807) is 0 Å². The predicted octanol–water partition coefficient (Wildman–Crippen LogP) is 3.20. The monoisotopic (exact) mass is 275 g/mol. The molecule has 1 fully saturated rings. The lowest BCUT2D eigenvalue weighted by Crippen LogP contribution is -2.40. The first-order valence-corrected chi connectivity index (χ1v) is 7.58. The molecular weight excluding hydrogens is 250 g/mol. The van der Waals surface area contributed by atoms with E-state index in [2.05, 4.69) is 31.0 Å². The van der Waals surface area contributed by atoms with E-state index in [1.807, 2.05) is 25.1 Å². The Labute approximate surface area is 121 Å². The van der Waals surface area contributed by atoms with Gasteiger partial charge in [0.1, 0.15) is 5.60 Å². The lowest BCUT2D eigenvalue weighted by Gasteiger charge is -2.38. The standard InChI is InChI=1S/C17H25NO2/c1-4-16(19)20-17(5-2,14-9-7-6-8-10-14)15-11-12-18(3)13-15/h6-10,15H,4-5,11-13H2,1-3H3. The Kier molecular flexibility index (Phi) is 4.81. The fourth-order valence-electron chi connectivity index (χ4n) is 3.25. The number of hydrogen-bond donors (Lipinski definition) is 0. The van der Waals surface area contributed by atoms with Gasteiger partial charge in [0.05, 0.1) is 0 Å². The third kappa shape index (κ3) is 2.88. The van der Waals surface area contributed by atoms with Crippen molar-refractivity contribution in [3.8, 4) is 0 Å². The van der Waals surface area contributed by atoms with Crippen molar-refractivity contribution >= 4 is 5.97 Å². The minimum atomic E-state index is -0.473. The number of ether oxygens (including phenoxy) is 1. The summed E-state index contributed by atoms with van der Waals surface area (Å²) in [4.78, 5) is 14.3. The van der Waals surface area contributed by atoms with Crippen molar-refractivity contribution in [1.82, 2.24) is 4.90 Å². The van der Waals surface area contributed by atoms with E-state index < -0.39 is 5.60 Å². The Bertz CT molecular complexity index is 446. The van der Waals surface area contributed by atoms with Crippen molar-refractivity contribution in [2.75, 3.05) is 20.1 Å². The van der Waals surface area contributed by atoms with Gasteiger partial charge < -0.3 is 9.64 Å². The first-order chi connectivity index (χ1) is 9.62. The second kappa shape index (κ2) is 6.40. The van der Waals surface area contributed by atoms with Gasteiger partial charge in [0.2, 0.25) is 0 Å². The lowest BCUT2D eigenvalue weighted by atomic mass is 9.78. The van der Waals surface area contributed by atoms with Crippen LogP contribution in [0.4, 0.5) is 0 Å². The molecule has 110 valence electrons. The summed E-state index contributed by atoms with van der Waals surface area (Å²) < 4.78 is 5.99. The second-order valence-corrected chi connectivity index (χ2v) is 5.68. The fraction of sp³-hybridized carbons (Fsp3) is 0.588. The molecule has 0 amide bonds. The summed E-state index contributed by atoms with van der Waals surface area (Å²) in [7, 11) is 2.13. The van der Waals surface area contributed by atoms with Crippen molar-refractivity contribution in [3.05, 3.63) is 35.9 Å². The van der Waals surface area contributed by atoms with E-state index in [4.69, 9.17) is 4.74 Å². The molecule has 1 aliphatic rings. The average molecular weight is 275 g/mol. The van der Waals surface area contributed by atoms with Gasteiger partial charge in [-0.2, -0.15) is 0 Å². The van der Waals surface area contributed by atoms with Crippen LogP contribution in [0.2, 0.25) is 0 Å². The van der Waals surface area contributed by atoms with Gasteiger partial charge in [-0.05, 0) is 32.0 Å². The Morgan fingerprint density at radius 1 is 1.35 bits per heavy atom. The minimum absolute atomic E-state index is 0.106. The van der Waals surface area contributed by atoms with Crippen LogP contribution in [0.15, 0.2) is 30.3 Å². The topological polar surface area (TPSA) is 29.5 Å². The second-order valence-electron chi connectivity index (χ2n) is 5.68. The van der Waals surface area contributed by atoms with Gasteiger partial charge in [-0.25, -0.2) is 0 Å². The van der Waals surface area contributed by atoms with Gasteiger partial charge in [-0.15, -0.1) is 0 Å². The van der Waals surface area contributed by atoms with Crippen LogP contribution in [-0.2, 0) is 15.1 Å². The quantitative estimate of drug-likeness (QED) is 0.773. The van der Waals surface area contributed by atoms with Crippen LogP contribution in [-0.4, -0.2) is 31.0 Å². The molecule has 1 aliphatic heterocycles. The zero-order valence-electron chi connectivity index (χ0n) is 12.8. The summed E-state index contributed by atoms with van der Waals surface area (Å²) in [6, 6.07) is 10.2. The smallest absolute Gasteiger partial charge is 0.306 e. The Balaban J connectivity index is 2.37. The Morgan fingerprint density at radius 2 is 2.05 bits per heavy atom. The summed E-state index contributed by atoms with van der Waals surface area (Å²) in [6.45, 7) is 6.03. The molecule has 0 bridgehead atoms. The molecule has 2 unspecified atom stereocenters. The summed E-state index contributed by atoms with van der Waals surface area (Å²) >= 11 is 0. The van der Waals surface area contributed by atoms with E-state index in [0.29, 0.717) is 12.3 Å². The normalized spacial score (nSPS) is 22.4. The molecule has 0 aliphatic carbocycles. The number of likely N-dealkylation sites (tertiary alicyclic amines) is 1. The fourth-order valence-corrected chi connectivity index (χ4v) is 3.25. The van der Waals surface area contributed by atoms with E-state index in [1.165, 1.54) is 0 Å². The van der Waals surface area contributed by atoms with Gasteiger partial charge in [-0.1, -0.05) is 44.2 Å². The molecule has 20 heavy (non-hydrogen) atoms. The highest BCUT2D eigenvalue weighted by atomic mass is 16.6. The zero-order valence-corrected chi connectivity index (χ0v) is 12.8. The van der Waals surface area contributed by atoms with Crippen molar-refractivity contribution in [2.45, 2.75) is 38.7 Å². The number of nitrogens with zero attached hydrogens (tertiary/aromatic N) is 1. The molecule has 0 saturated carbocycles. The van der Waals surface area contributed by atoms with Gasteiger partial charge in [-0.3, -0.25) is 4.79 Å². The lowest BCUT2D eigenvalue weighted by molar-refractivity contribution is -0.168. The van der Waals surface area contributed by atoms with Crippen molar-refractivity contribution < 1.29 is 9.53 Å². The van der Waals surface area contributed by atoms with Crippen molar-refractivity contribution in [2.24, 2.45) is 5.92 Å². The molecule has 0 aromatic heterocycles. The molecule has 3 heteroatoms. The van der Waals surface area contributed by atoms with E-state index in [0.717, 1.165) is 31.5 Å². The van der Waals surface area contributed by atoms with Crippen LogP contribution in [0.5, 0.6) is 0 Å². The number of carbonyl (C=O) groups excluding carboxylic acids is 1. The molecule has 0 radical (unpaired) electrons. The predicted molar refractivity (Wildman–Crippen MR) is 80.4 cm³/mol. The summed E-state index contributed by atoms with van der Waals surface area (Å²) in [5.41, 5.74) is 0.656. The van der Waals surface area contributed by atoms with E-state index in [9.17, 15) is 4.79 Å². The molecular formula is C17H25NO2. The molecule has 2 atom stereocenters. The average Bonchev–Trinajstić information content (AvgIpc) is 2.92. The third-order valence-corrected chi connectivity index (χ3v) is 4.42. The highest BCUT2D eigenvalue weighted by Crippen LogP contribution is 2.42. The van der Waals surface area contributed by atoms with Crippen LogP contribution in [0.25, 0.3) is 0 Å². The van der Waals surface area contributed by atoms with Crippen molar-refractivity contribution in [3.63, 3.8) is 0 Å². The van der Waals surface area contributed by atoms with Gasteiger partial charge in [0, 0.05) is 18.9 Å². The first-order valence-electron chi connectivity index (χ1n) is 7.58. The van der Waals surface area contributed by atoms with E-state index >= 15 is 0 Å². The maximum atomic E-state index is 12.0. The summed E-state index contributed by atoms with van der Waals surface area (Å²) in [6.07, 6.45) is 2.33. The first kappa shape index (κ1) is 15.0. The number of carbonyl (C=O) groups is 1. The molecule has 1 heterocycles.